The van der Waals surface area contributed by atoms with Crippen molar-refractivity contribution < 1.29 is 19.0 Å². The maximum Gasteiger partial charge on any atom is 0.240 e. The summed E-state index contributed by atoms with van der Waals surface area (Å²) in [6.07, 6.45) is 16.6. The lowest BCUT2D eigenvalue weighted by Crippen LogP contribution is -2.40. The molecule has 7 heteroatoms. The summed E-state index contributed by atoms with van der Waals surface area (Å²) >= 11 is 6.20. The molecule has 32 heavy (non-hydrogen) atoms. The molecule has 2 fully saturated rings. The van der Waals surface area contributed by atoms with Crippen LogP contribution in [0.15, 0.2) is 82.5 Å². The molecular formula is C25H27ClN2O4. The van der Waals surface area contributed by atoms with Crippen LogP contribution in [0.2, 0.25) is 0 Å². The molecule has 0 aromatic heterocycles. The van der Waals surface area contributed by atoms with E-state index in [1.807, 2.05) is 23.1 Å². The Labute approximate surface area is 193 Å². The Morgan fingerprint density at radius 2 is 2.12 bits per heavy atom. The molecule has 0 aromatic carbocycles. The molecule has 2 atom stereocenters. The van der Waals surface area contributed by atoms with E-state index in [0.717, 1.165) is 30.4 Å². The minimum atomic E-state index is -0.798. The van der Waals surface area contributed by atoms with Gasteiger partial charge in [-0.05, 0) is 54.2 Å². The lowest BCUT2D eigenvalue weighted by Gasteiger charge is -2.27. The molecule has 1 aliphatic carbocycles. The van der Waals surface area contributed by atoms with Gasteiger partial charge in [0.25, 0.3) is 0 Å². The number of ether oxygens (including phenoxy) is 3. The molecule has 2 unspecified atom stereocenters. The number of fused-ring (bicyclic) bond motifs is 2. The number of likely N-dealkylation sites (tertiary alicyclic amines) is 1. The van der Waals surface area contributed by atoms with Gasteiger partial charge >= 0.3 is 0 Å². The van der Waals surface area contributed by atoms with E-state index in [2.05, 4.69) is 30.1 Å². The molecule has 4 aliphatic heterocycles. The van der Waals surface area contributed by atoms with Crippen LogP contribution >= 0.6 is 11.6 Å². The first-order chi connectivity index (χ1) is 15.6. The van der Waals surface area contributed by atoms with Gasteiger partial charge in [-0.25, -0.2) is 0 Å². The molecular weight excluding hydrogens is 428 g/mol. The second-order valence-electron chi connectivity index (χ2n) is 8.49. The highest BCUT2D eigenvalue weighted by atomic mass is 35.5. The van der Waals surface area contributed by atoms with E-state index in [-0.39, 0.29) is 18.7 Å². The summed E-state index contributed by atoms with van der Waals surface area (Å²) < 4.78 is 17.0. The zero-order valence-corrected chi connectivity index (χ0v) is 18.7. The van der Waals surface area contributed by atoms with Crippen molar-refractivity contribution in [3.8, 4) is 0 Å². The summed E-state index contributed by atoms with van der Waals surface area (Å²) in [5.74, 6) is 1.28. The number of hydrogen-bond acceptors (Lipinski definition) is 5. The first-order valence-electron chi connectivity index (χ1n) is 11.0. The van der Waals surface area contributed by atoms with Gasteiger partial charge in [-0.1, -0.05) is 42.5 Å². The average molecular weight is 455 g/mol. The summed E-state index contributed by atoms with van der Waals surface area (Å²) in [6, 6.07) is 0.0172. The Morgan fingerprint density at radius 1 is 1.28 bits per heavy atom. The maximum absolute atomic E-state index is 14.1. The first kappa shape index (κ1) is 21.2. The molecule has 5 aliphatic rings. The Kier molecular flexibility index (Phi) is 5.74. The van der Waals surface area contributed by atoms with Gasteiger partial charge in [0.2, 0.25) is 12.7 Å². The largest absolute Gasteiger partial charge is 0.454 e. The SMILES string of the molecule is C=CC1=C(/C=C2\COCC23C(=O)N(C/C2=C/CC/C=C(/Cl)NC2)C2CC=CC=C23)OCO1. The number of allylic oxidation sites excluding steroid dienone is 6. The normalized spacial score (nSPS) is 34.1. The van der Waals surface area contributed by atoms with Gasteiger partial charge in [-0.3, -0.25) is 4.79 Å². The molecule has 0 aromatic rings. The van der Waals surface area contributed by atoms with Gasteiger partial charge in [-0.2, -0.15) is 0 Å². The number of rotatable bonds is 4. The fourth-order valence-electron chi connectivity index (χ4n) is 5.10. The van der Waals surface area contributed by atoms with Crippen molar-refractivity contribution in [1.82, 2.24) is 10.2 Å². The first-order valence-corrected chi connectivity index (χ1v) is 11.4. The number of carbonyl (C=O) groups is 1. The van der Waals surface area contributed by atoms with E-state index >= 15 is 0 Å². The van der Waals surface area contributed by atoms with Crippen LogP contribution in [-0.4, -0.2) is 49.9 Å². The molecule has 0 bridgehead atoms. The molecule has 1 spiro atoms. The second kappa shape index (κ2) is 8.68. The quantitative estimate of drug-likeness (QED) is 0.517. The van der Waals surface area contributed by atoms with Crippen molar-refractivity contribution in [3.63, 3.8) is 0 Å². The van der Waals surface area contributed by atoms with Gasteiger partial charge in [0.1, 0.15) is 5.41 Å². The summed E-state index contributed by atoms with van der Waals surface area (Å²) in [5.41, 5.74) is 2.38. The van der Waals surface area contributed by atoms with E-state index in [4.69, 9.17) is 25.8 Å². The van der Waals surface area contributed by atoms with Crippen LogP contribution in [0.25, 0.3) is 0 Å². The average Bonchev–Trinajstić information content (AvgIpc) is 3.48. The van der Waals surface area contributed by atoms with E-state index in [1.54, 1.807) is 6.08 Å². The second-order valence-corrected chi connectivity index (χ2v) is 8.89. The number of carbonyl (C=O) groups excluding carboxylic acids is 1. The highest BCUT2D eigenvalue weighted by molar-refractivity contribution is 6.29. The number of amides is 1. The minimum Gasteiger partial charge on any atom is -0.454 e. The van der Waals surface area contributed by atoms with Crippen LogP contribution < -0.4 is 5.32 Å². The molecule has 6 nitrogen and oxygen atoms in total. The molecule has 4 heterocycles. The van der Waals surface area contributed by atoms with Gasteiger partial charge in [-0.15, -0.1) is 0 Å². The van der Waals surface area contributed by atoms with E-state index in [0.29, 0.717) is 43.0 Å². The van der Waals surface area contributed by atoms with Crippen LogP contribution in [-0.2, 0) is 19.0 Å². The molecule has 1 amide bonds. The lowest BCUT2D eigenvalue weighted by atomic mass is 9.74. The third-order valence-electron chi connectivity index (χ3n) is 6.69. The predicted molar refractivity (Wildman–Crippen MR) is 122 cm³/mol. The fraction of sp³-hybridized carbons (Fsp3) is 0.400. The minimum absolute atomic E-state index is 0.0172. The van der Waals surface area contributed by atoms with E-state index < -0.39 is 5.41 Å². The molecule has 0 radical (unpaired) electrons. The standard InChI is InChI=1S/C25H27ClN2O4/c1-2-21-22(32-16-31-21)11-18-14-30-15-25(18)19-8-4-5-9-20(19)28(24(25)29)13-17-7-3-6-10-23(26)27-12-17/h2,4-5,7-8,10-11,20,27H,1,3,6,9,12-16H2/b17-7+,18-11+,23-10-. The zero-order valence-electron chi connectivity index (χ0n) is 17.9. The highest BCUT2D eigenvalue weighted by Gasteiger charge is 2.59. The topological polar surface area (TPSA) is 60.0 Å². The van der Waals surface area contributed by atoms with E-state index in [1.165, 1.54) is 5.57 Å². The smallest absolute Gasteiger partial charge is 0.240 e. The van der Waals surface area contributed by atoms with Gasteiger partial charge < -0.3 is 24.4 Å². The van der Waals surface area contributed by atoms with Crippen molar-refractivity contribution in [2.24, 2.45) is 5.41 Å². The molecule has 1 N–H and O–H groups in total. The monoisotopic (exact) mass is 454 g/mol. The maximum atomic E-state index is 14.1. The summed E-state index contributed by atoms with van der Waals surface area (Å²) in [6.45, 7) is 5.87. The van der Waals surface area contributed by atoms with Crippen molar-refractivity contribution >= 4 is 17.5 Å². The molecule has 0 saturated carbocycles. The van der Waals surface area contributed by atoms with Crippen LogP contribution in [0.1, 0.15) is 19.3 Å². The van der Waals surface area contributed by atoms with Crippen LogP contribution in [0, 0.1) is 5.41 Å². The Balaban J connectivity index is 1.49. The zero-order chi connectivity index (χ0) is 22.1. The summed E-state index contributed by atoms with van der Waals surface area (Å²) in [7, 11) is 0. The Bertz CT molecular complexity index is 1020. The molecule has 5 rings (SSSR count). The third-order valence-corrected chi connectivity index (χ3v) is 6.98. The number of nitrogens with zero attached hydrogens (tertiary/aromatic N) is 1. The molecule has 168 valence electrons. The van der Waals surface area contributed by atoms with Crippen molar-refractivity contribution in [3.05, 3.63) is 82.5 Å². The number of halogens is 1. The Hall–Kier alpha value is -2.70. The Morgan fingerprint density at radius 3 is 3.00 bits per heavy atom. The van der Waals surface area contributed by atoms with Gasteiger partial charge in [0.05, 0.1) is 24.4 Å². The van der Waals surface area contributed by atoms with Crippen LogP contribution in [0.3, 0.4) is 0 Å². The molecule has 2 saturated heterocycles. The predicted octanol–water partition coefficient (Wildman–Crippen LogP) is 3.82. The van der Waals surface area contributed by atoms with Crippen molar-refractivity contribution in [2.45, 2.75) is 25.3 Å². The number of hydrogen-bond donors (Lipinski definition) is 1. The van der Waals surface area contributed by atoms with Crippen molar-refractivity contribution in [1.29, 1.82) is 0 Å². The van der Waals surface area contributed by atoms with Crippen molar-refractivity contribution in [2.75, 3.05) is 33.1 Å². The fourth-order valence-corrected chi connectivity index (χ4v) is 5.28. The van der Waals surface area contributed by atoms with E-state index in [9.17, 15) is 4.79 Å². The summed E-state index contributed by atoms with van der Waals surface area (Å²) in [4.78, 5) is 16.1. The lowest BCUT2D eigenvalue weighted by molar-refractivity contribution is -0.134. The highest BCUT2D eigenvalue weighted by Crippen LogP contribution is 2.52. The van der Waals surface area contributed by atoms with Gasteiger partial charge in [0, 0.05) is 13.1 Å². The van der Waals surface area contributed by atoms with Crippen LogP contribution in [0.5, 0.6) is 0 Å². The third kappa shape index (κ3) is 3.51. The summed E-state index contributed by atoms with van der Waals surface area (Å²) in [5, 5.41) is 3.90. The number of nitrogens with one attached hydrogen (secondary N) is 1. The van der Waals surface area contributed by atoms with Gasteiger partial charge in [0.15, 0.2) is 11.5 Å². The van der Waals surface area contributed by atoms with Crippen LogP contribution in [0.4, 0.5) is 0 Å².